The minimum absolute atomic E-state index is 0.0637. The fourth-order valence-electron chi connectivity index (χ4n) is 2.42. The molecule has 2 rings (SSSR count). The Labute approximate surface area is 129 Å². The number of piperazine rings is 1. The number of methoxy groups -OCH3 is 1. The predicted molar refractivity (Wildman–Crippen MR) is 79.9 cm³/mol. The molecular formula is C15H19ClN2O3. The normalized spacial score (nSPS) is 19.3. The standard InChI is InChI=1S/C15H19ClN2O3/c1-11-15(20)17(9-12-5-3-4-6-13(12)16)10-14(19)18(11)7-8-21-2/h3-6,11H,7-10H2,1-2H3/t11-/m0/s1. The molecule has 1 atom stereocenters. The van der Waals surface area contributed by atoms with E-state index in [2.05, 4.69) is 0 Å². The molecule has 1 saturated heterocycles. The van der Waals surface area contributed by atoms with Gasteiger partial charge in [-0.25, -0.2) is 0 Å². The maximum Gasteiger partial charge on any atom is 0.245 e. The van der Waals surface area contributed by atoms with Crippen molar-refractivity contribution in [3.8, 4) is 0 Å². The topological polar surface area (TPSA) is 49.9 Å². The van der Waals surface area contributed by atoms with Crippen LogP contribution in [-0.4, -0.2) is 54.5 Å². The number of amides is 2. The van der Waals surface area contributed by atoms with E-state index < -0.39 is 6.04 Å². The number of hydrogen-bond acceptors (Lipinski definition) is 3. The highest BCUT2D eigenvalue weighted by molar-refractivity contribution is 6.31. The van der Waals surface area contributed by atoms with Gasteiger partial charge in [0.05, 0.1) is 6.61 Å². The van der Waals surface area contributed by atoms with Gasteiger partial charge in [-0.1, -0.05) is 29.8 Å². The number of carbonyl (C=O) groups is 2. The Morgan fingerprint density at radius 3 is 2.71 bits per heavy atom. The van der Waals surface area contributed by atoms with E-state index >= 15 is 0 Å². The molecule has 6 heteroatoms. The zero-order valence-corrected chi connectivity index (χ0v) is 13.0. The number of ether oxygens (including phenoxy) is 1. The van der Waals surface area contributed by atoms with Crippen molar-refractivity contribution in [1.82, 2.24) is 9.80 Å². The van der Waals surface area contributed by atoms with Crippen LogP contribution in [0.1, 0.15) is 12.5 Å². The van der Waals surface area contributed by atoms with Gasteiger partial charge in [-0.3, -0.25) is 9.59 Å². The van der Waals surface area contributed by atoms with Crippen LogP contribution < -0.4 is 0 Å². The molecule has 0 bridgehead atoms. The van der Waals surface area contributed by atoms with Crippen LogP contribution in [0.5, 0.6) is 0 Å². The van der Waals surface area contributed by atoms with Crippen LogP contribution in [-0.2, 0) is 20.9 Å². The first-order valence-electron chi connectivity index (χ1n) is 6.85. The van der Waals surface area contributed by atoms with Gasteiger partial charge in [0.15, 0.2) is 0 Å². The van der Waals surface area contributed by atoms with Gasteiger partial charge in [0.1, 0.15) is 12.6 Å². The Balaban J connectivity index is 2.09. The first-order chi connectivity index (χ1) is 10.0. The summed E-state index contributed by atoms with van der Waals surface area (Å²) in [6, 6.07) is 6.88. The summed E-state index contributed by atoms with van der Waals surface area (Å²) in [6.07, 6.45) is 0. The van der Waals surface area contributed by atoms with Crippen molar-refractivity contribution in [2.45, 2.75) is 19.5 Å². The van der Waals surface area contributed by atoms with Crippen molar-refractivity contribution in [3.05, 3.63) is 34.9 Å². The van der Waals surface area contributed by atoms with Crippen LogP contribution in [0.25, 0.3) is 0 Å². The smallest absolute Gasteiger partial charge is 0.245 e. The number of halogens is 1. The highest BCUT2D eigenvalue weighted by Gasteiger charge is 2.36. The second-order valence-electron chi connectivity index (χ2n) is 5.04. The molecule has 0 saturated carbocycles. The third kappa shape index (κ3) is 3.54. The summed E-state index contributed by atoms with van der Waals surface area (Å²) in [7, 11) is 1.57. The van der Waals surface area contributed by atoms with Crippen LogP contribution in [0, 0.1) is 0 Å². The van der Waals surface area contributed by atoms with E-state index in [1.807, 2.05) is 18.2 Å². The highest BCUT2D eigenvalue weighted by Crippen LogP contribution is 2.20. The zero-order valence-electron chi connectivity index (χ0n) is 12.2. The molecule has 21 heavy (non-hydrogen) atoms. The third-order valence-corrected chi connectivity index (χ3v) is 4.01. The number of hydrogen-bond donors (Lipinski definition) is 0. The van der Waals surface area contributed by atoms with Crippen LogP contribution in [0.2, 0.25) is 5.02 Å². The van der Waals surface area contributed by atoms with Crippen molar-refractivity contribution in [2.24, 2.45) is 0 Å². The van der Waals surface area contributed by atoms with Gasteiger partial charge < -0.3 is 14.5 Å². The molecule has 1 aliphatic rings. The highest BCUT2D eigenvalue weighted by atomic mass is 35.5. The molecule has 0 aromatic heterocycles. The van der Waals surface area contributed by atoms with E-state index in [0.29, 0.717) is 24.7 Å². The van der Waals surface area contributed by atoms with Gasteiger partial charge in [0, 0.05) is 25.2 Å². The van der Waals surface area contributed by atoms with Gasteiger partial charge >= 0.3 is 0 Å². The lowest BCUT2D eigenvalue weighted by Crippen LogP contribution is -2.59. The summed E-state index contributed by atoms with van der Waals surface area (Å²) in [5, 5.41) is 0.604. The molecular weight excluding hydrogens is 292 g/mol. The lowest BCUT2D eigenvalue weighted by molar-refractivity contribution is -0.156. The minimum Gasteiger partial charge on any atom is -0.383 e. The first kappa shape index (κ1) is 15.8. The monoisotopic (exact) mass is 310 g/mol. The summed E-state index contributed by atoms with van der Waals surface area (Å²) in [5.74, 6) is -0.128. The zero-order chi connectivity index (χ0) is 15.4. The van der Waals surface area contributed by atoms with E-state index in [1.54, 1.807) is 29.9 Å². The van der Waals surface area contributed by atoms with Crippen LogP contribution in [0.15, 0.2) is 24.3 Å². The number of carbonyl (C=O) groups excluding carboxylic acids is 2. The molecule has 5 nitrogen and oxygen atoms in total. The minimum atomic E-state index is -0.469. The lowest BCUT2D eigenvalue weighted by atomic mass is 10.1. The van der Waals surface area contributed by atoms with Crippen molar-refractivity contribution in [1.29, 1.82) is 0 Å². The van der Waals surface area contributed by atoms with Crippen molar-refractivity contribution < 1.29 is 14.3 Å². The Hall–Kier alpha value is -1.59. The SMILES string of the molecule is COCCN1C(=O)CN(Cc2ccccc2Cl)C(=O)[C@@H]1C. The number of benzene rings is 1. The van der Waals surface area contributed by atoms with E-state index in [-0.39, 0.29) is 18.4 Å². The Morgan fingerprint density at radius 2 is 2.05 bits per heavy atom. The van der Waals surface area contributed by atoms with E-state index in [0.717, 1.165) is 5.56 Å². The Kier molecular flexibility index (Phi) is 5.20. The van der Waals surface area contributed by atoms with Crippen molar-refractivity contribution in [3.63, 3.8) is 0 Å². The lowest BCUT2D eigenvalue weighted by Gasteiger charge is -2.38. The van der Waals surface area contributed by atoms with Gasteiger partial charge in [-0.05, 0) is 18.6 Å². The molecule has 0 N–H and O–H groups in total. The van der Waals surface area contributed by atoms with E-state index in [9.17, 15) is 9.59 Å². The quantitative estimate of drug-likeness (QED) is 0.829. The molecule has 0 spiro atoms. The van der Waals surface area contributed by atoms with Crippen LogP contribution in [0.3, 0.4) is 0 Å². The third-order valence-electron chi connectivity index (χ3n) is 3.64. The van der Waals surface area contributed by atoms with Gasteiger partial charge in [0.25, 0.3) is 0 Å². The van der Waals surface area contributed by atoms with Gasteiger partial charge in [0.2, 0.25) is 11.8 Å². The fraction of sp³-hybridized carbons (Fsp3) is 0.467. The molecule has 2 amide bonds. The van der Waals surface area contributed by atoms with Gasteiger partial charge in [-0.2, -0.15) is 0 Å². The molecule has 1 aromatic rings. The van der Waals surface area contributed by atoms with E-state index in [4.69, 9.17) is 16.3 Å². The molecule has 1 fully saturated rings. The van der Waals surface area contributed by atoms with E-state index in [1.165, 1.54) is 0 Å². The molecule has 0 unspecified atom stereocenters. The molecule has 1 aromatic carbocycles. The first-order valence-corrected chi connectivity index (χ1v) is 7.23. The summed E-state index contributed by atoms with van der Waals surface area (Å²) < 4.78 is 4.98. The maximum atomic E-state index is 12.4. The van der Waals surface area contributed by atoms with Crippen LogP contribution in [0.4, 0.5) is 0 Å². The number of rotatable bonds is 5. The molecule has 0 aliphatic carbocycles. The summed E-state index contributed by atoms with van der Waals surface area (Å²) in [6.45, 7) is 3.04. The summed E-state index contributed by atoms with van der Waals surface area (Å²) >= 11 is 6.11. The van der Waals surface area contributed by atoms with Crippen molar-refractivity contribution >= 4 is 23.4 Å². The predicted octanol–water partition coefficient (Wildman–Crippen LogP) is 1.55. The number of nitrogens with zero attached hydrogens (tertiary/aromatic N) is 2. The van der Waals surface area contributed by atoms with Gasteiger partial charge in [-0.15, -0.1) is 0 Å². The van der Waals surface area contributed by atoms with Crippen molar-refractivity contribution in [2.75, 3.05) is 26.8 Å². The Morgan fingerprint density at radius 1 is 1.33 bits per heavy atom. The molecule has 114 valence electrons. The largest absolute Gasteiger partial charge is 0.383 e. The average molecular weight is 311 g/mol. The fourth-order valence-corrected chi connectivity index (χ4v) is 2.62. The second kappa shape index (κ2) is 6.91. The van der Waals surface area contributed by atoms with Crippen LogP contribution >= 0.6 is 11.6 Å². The molecule has 0 radical (unpaired) electrons. The summed E-state index contributed by atoms with van der Waals surface area (Å²) in [4.78, 5) is 27.7. The molecule has 1 aliphatic heterocycles. The summed E-state index contributed by atoms with van der Waals surface area (Å²) in [5.41, 5.74) is 0.845. The molecule has 1 heterocycles. The Bertz CT molecular complexity index is 535. The maximum absolute atomic E-state index is 12.4. The second-order valence-corrected chi connectivity index (χ2v) is 5.45. The average Bonchev–Trinajstić information content (AvgIpc) is 2.47.